The van der Waals surface area contributed by atoms with Crippen molar-refractivity contribution in [2.45, 2.75) is 26.7 Å². The van der Waals surface area contributed by atoms with Crippen LogP contribution in [0.2, 0.25) is 0 Å². The number of hydrogen-bond donors (Lipinski definition) is 1. The van der Waals surface area contributed by atoms with Crippen molar-refractivity contribution in [3.05, 3.63) is 41.0 Å². The first-order valence-electron chi connectivity index (χ1n) is 5.95. The van der Waals surface area contributed by atoms with E-state index < -0.39 is 6.43 Å². The predicted molar refractivity (Wildman–Crippen MR) is 68.2 cm³/mol. The smallest absolute Gasteiger partial charge is 0.263 e. The maximum Gasteiger partial charge on any atom is 0.263 e. The van der Waals surface area contributed by atoms with Gasteiger partial charge >= 0.3 is 0 Å². The first kappa shape index (κ1) is 13.8. The summed E-state index contributed by atoms with van der Waals surface area (Å²) in [6.07, 6.45) is 0.502. The van der Waals surface area contributed by atoms with E-state index in [1.807, 2.05) is 19.1 Å². The van der Waals surface area contributed by atoms with E-state index in [2.05, 4.69) is 12.2 Å². The predicted octanol–water partition coefficient (Wildman–Crippen LogP) is 4.03. The molecule has 94 valence electrons. The third-order valence-corrected chi connectivity index (χ3v) is 2.59. The lowest BCUT2D eigenvalue weighted by atomic mass is 10.1. The minimum atomic E-state index is -2.40. The zero-order valence-corrected chi connectivity index (χ0v) is 10.3. The maximum atomic E-state index is 12.5. The van der Waals surface area contributed by atoms with Gasteiger partial charge in [-0.2, -0.15) is 0 Å². The fraction of sp³-hybridized carbons (Fsp3) is 0.429. The summed E-state index contributed by atoms with van der Waals surface area (Å²) in [5.74, 6) is 0. The van der Waals surface area contributed by atoms with Crippen molar-refractivity contribution in [3.8, 4) is 0 Å². The SMILES string of the molecule is CCNC/C(=C/c1cccc(C(F)F)c1)CC. The number of rotatable bonds is 6. The molecule has 0 fully saturated rings. The topological polar surface area (TPSA) is 12.0 Å². The van der Waals surface area contributed by atoms with Crippen LogP contribution in [0.3, 0.4) is 0 Å². The maximum absolute atomic E-state index is 12.5. The van der Waals surface area contributed by atoms with Crippen LogP contribution >= 0.6 is 0 Å². The second-order valence-corrected chi connectivity index (χ2v) is 3.91. The molecule has 0 bridgehead atoms. The first-order chi connectivity index (χ1) is 8.17. The summed E-state index contributed by atoms with van der Waals surface area (Å²) in [4.78, 5) is 0. The molecule has 3 heteroatoms. The summed E-state index contributed by atoms with van der Waals surface area (Å²) in [7, 11) is 0. The second-order valence-electron chi connectivity index (χ2n) is 3.91. The van der Waals surface area contributed by atoms with Crippen LogP contribution < -0.4 is 5.32 Å². The Bertz CT molecular complexity index is 372. The molecule has 17 heavy (non-hydrogen) atoms. The van der Waals surface area contributed by atoms with Gasteiger partial charge in [-0.3, -0.25) is 0 Å². The van der Waals surface area contributed by atoms with Crippen LogP contribution in [0.1, 0.15) is 37.8 Å². The zero-order chi connectivity index (χ0) is 12.7. The van der Waals surface area contributed by atoms with Gasteiger partial charge in [-0.1, -0.05) is 43.7 Å². The molecule has 0 radical (unpaired) electrons. The van der Waals surface area contributed by atoms with E-state index in [4.69, 9.17) is 0 Å². The van der Waals surface area contributed by atoms with Gasteiger partial charge in [0.1, 0.15) is 0 Å². The highest BCUT2D eigenvalue weighted by Crippen LogP contribution is 2.20. The molecule has 0 saturated heterocycles. The molecule has 1 nitrogen and oxygen atoms in total. The highest BCUT2D eigenvalue weighted by atomic mass is 19.3. The number of benzene rings is 1. The molecule has 0 unspecified atom stereocenters. The Hall–Kier alpha value is -1.22. The van der Waals surface area contributed by atoms with Crippen LogP contribution in [-0.4, -0.2) is 13.1 Å². The van der Waals surface area contributed by atoms with E-state index in [1.54, 1.807) is 12.1 Å². The average Bonchev–Trinajstić information content (AvgIpc) is 2.34. The van der Waals surface area contributed by atoms with Crippen LogP contribution in [0.25, 0.3) is 6.08 Å². The highest BCUT2D eigenvalue weighted by Gasteiger charge is 2.06. The van der Waals surface area contributed by atoms with Gasteiger partial charge in [0, 0.05) is 12.1 Å². The molecule has 0 aliphatic heterocycles. The lowest BCUT2D eigenvalue weighted by molar-refractivity contribution is 0.151. The fourth-order valence-electron chi connectivity index (χ4n) is 1.58. The van der Waals surface area contributed by atoms with Gasteiger partial charge in [-0.25, -0.2) is 8.78 Å². The van der Waals surface area contributed by atoms with Crippen molar-refractivity contribution in [1.82, 2.24) is 5.32 Å². The van der Waals surface area contributed by atoms with Gasteiger partial charge in [-0.05, 0) is 24.6 Å². The molecule has 1 N–H and O–H groups in total. The number of alkyl halides is 2. The Morgan fingerprint density at radius 3 is 2.71 bits per heavy atom. The van der Waals surface area contributed by atoms with Crippen molar-refractivity contribution in [1.29, 1.82) is 0 Å². The molecule has 0 saturated carbocycles. The largest absolute Gasteiger partial charge is 0.313 e. The van der Waals surface area contributed by atoms with Gasteiger partial charge in [0.05, 0.1) is 0 Å². The van der Waals surface area contributed by atoms with Gasteiger partial charge in [0.15, 0.2) is 0 Å². The summed E-state index contributed by atoms with van der Waals surface area (Å²) in [6, 6.07) is 6.53. The monoisotopic (exact) mass is 239 g/mol. The zero-order valence-electron chi connectivity index (χ0n) is 10.3. The van der Waals surface area contributed by atoms with Crippen molar-refractivity contribution in [2.24, 2.45) is 0 Å². The molecule has 0 heterocycles. The Balaban J connectivity index is 2.83. The molecule has 1 aromatic rings. The van der Waals surface area contributed by atoms with Crippen molar-refractivity contribution < 1.29 is 8.78 Å². The lowest BCUT2D eigenvalue weighted by Gasteiger charge is -2.06. The minimum Gasteiger partial charge on any atom is -0.313 e. The van der Waals surface area contributed by atoms with Crippen molar-refractivity contribution >= 4 is 6.08 Å². The van der Waals surface area contributed by atoms with E-state index in [-0.39, 0.29) is 5.56 Å². The molecule has 1 rings (SSSR count). The van der Waals surface area contributed by atoms with E-state index in [1.165, 1.54) is 11.6 Å². The van der Waals surface area contributed by atoms with Crippen LogP contribution in [-0.2, 0) is 0 Å². The third-order valence-electron chi connectivity index (χ3n) is 2.59. The summed E-state index contributed by atoms with van der Waals surface area (Å²) in [5.41, 5.74) is 2.15. The quantitative estimate of drug-likeness (QED) is 0.790. The van der Waals surface area contributed by atoms with Crippen LogP contribution in [0.5, 0.6) is 0 Å². The molecule has 1 aromatic carbocycles. The van der Waals surface area contributed by atoms with E-state index in [9.17, 15) is 8.78 Å². The molecule has 0 spiro atoms. The first-order valence-corrected chi connectivity index (χ1v) is 5.95. The molecule has 0 aliphatic rings. The number of hydrogen-bond acceptors (Lipinski definition) is 1. The lowest BCUT2D eigenvalue weighted by Crippen LogP contribution is -2.15. The van der Waals surface area contributed by atoms with Crippen LogP contribution in [0.4, 0.5) is 8.78 Å². The molecular weight excluding hydrogens is 220 g/mol. The minimum absolute atomic E-state index is 0.0812. The Morgan fingerprint density at radius 1 is 1.35 bits per heavy atom. The van der Waals surface area contributed by atoms with E-state index in [0.29, 0.717) is 0 Å². The third kappa shape index (κ3) is 4.65. The Morgan fingerprint density at radius 2 is 2.12 bits per heavy atom. The van der Waals surface area contributed by atoms with Crippen LogP contribution in [0.15, 0.2) is 29.8 Å². The number of likely N-dealkylation sites (N-methyl/N-ethyl adjacent to an activating group) is 1. The molecule has 0 aromatic heterocycles. The Kier molecular flexibility index (Phi) is 5.84. The summed E-state index contributed by atoms with van der Waals surface area (Å²) < 4.78 is 25.1. The van der Waals surface area contributed by atoms with E-state index in [0.717, 1.165) is 25.1 Å². The van der Waals surface area contributed by atoms with E-state index >= 15 is 0 Å². The summed E-state index contributed by atoms with van der Waals surface area (Å²) >= 11 is 0. The fourth-order valence-corrected chi connectivity index (χ4v) is 1.58. The number of halogens is 2. The molecule has 0 atom stereocenters. The van der Waals surface area contributed by atoms with Gasteiger partial charge in [0.2, 0.25) is 0 Å². The number of nitrogens with one attached hydrogen (secondary N) is 1. The van der Waals surface area contributed by atoms with Crippen LogP contribution in [0, 0.1) is 0 Å². The molecule has 0 amide bonds. The summed E-state index contributed by atoms with van der Waals surface area (Å²) in [5, 5.41) is 3.24. The standard InChI is InChI=1S/C14H19F2N/c1-3-11(10-17-4-2)8-12-6-5-7-13(9-12)14(15)16/h5-9,14,17H,3-4,10H2,1-2H3/b11-8+. The van der Waals surface area contributed by atoms with Crippen molar-refractivity contribution in [3.63, 3.8) is 0 Å². The Labute approximate surface area is 102 Å². The van der Waals surface area contributed by atoms with Gasteiger partial charge in [-0.15, -0.1) is 0 Å². The normalized spacial score (nSPS) is 12.2. The van der Waals surface area contributed by atoms with Crippen molar-refractivity contribution in [2.75, 3.05) is 13.1 Å². The highest BCUT2D eigenvalue weighted by molar-refractivity contribution is 5.54. The second kappa shape index (κ2) is 7.17. The van der Waals surface area contributed by atoms with Gasteiger partial charge < -0.3 is 5.32 Å². The molecular formula is C14H19F2N. The van der Waals surface area contributed by atoms with Gasteiger partial charge in [0.25, 0.3) is 6.43 Å². The molecule has 0 aliphatic carbocycles. The summed E-state index contributed by atoms with van der Waals surface area (Å²) in [6.45, 7) is 5.84. The average molecular weight is 239 g/mol.